The van der Waals surface area contributed by atoms with Crippen LogP contribution in [0.2, 0.25) is 5.02 Å². The molecule has 2 N–H and O–H groups in total. The molecule has 4 aromatic rings. The van der Waals surface area contributed by atoms with Gasteiger partial charge in [-0.3, -0.25) is 4.98 Å². The number of nitrogens with zero attached hydrogens (tertiary/aromatic N) is 2. The molecule has 34 heavy (non-hydrogen) atoms. The first-order valence-electron chi connectivity index (χ1n) is 11.0. The summed E-state index contributed by atoms with van der Waals surface area (Å²) in [5.41, 5.74) is 5.90. The Hall–Kier alpha value is -3.14. The standard InChI is InChI=1S/C24H21ClN4O4S/c1-31-24(30)28-10-14-9-19-23(34-14)15(2-5-27-19)16-8-13(25)6-12-7-20(32-21(12)16)22-17-11-26-4-3-18(17)29-33-22/h2,5-6,8-9,20,26H,3-4,7,10-11H2,1H3,(H,28,30). The minimum Gasteiger partial charge on any atom is -0.481 e. The summed E-state index contributed by atoms with van der Waals surface area (Å²) in [5, 5.41) is 11.0. The van der Waals surface area contributed by atoms with E-state index < -0.39 is 6.09 Å². The van der Waals surface area contributed by atoms with Gasteiger partial charge in [0, 0.05) is 64.3 Å². The van der Waals surface area contributed by atoms with Gasteiger partial charge >= 0.3 is 6.09 Å². The zero-order chi connectivity index (χ0) is 23.2. The number of rotatable bonds is 4. The first kappa shape index (κ1) is 21.4. The predicted molar refractivity (Wildman–Crippen MR) is 128 cm³/mol. The van der Waals surface area contributed by atoms with E-state index >= 15 is 0 Å². The Morgan fingerprint density at radius 1 is 1.35 bits per heavy atom. The van der Waals surface area contributed by atoms with Crippen molar-refractivity contribution in [1.29, 1.82) is 0 Å². The maximum absolute atomic E-state index is 11.5. The molecular formula is C24H21ClN4O4S. The topological polar surface area (TPSA) is 98.5 Å². The van der Waals surface area contributed by atoms with Crippen LogP contribution in [0.3, 0.4) is 0 Å². The van der Waals surface area contributed by atoms with Crippen LogP contribution in [0, 0.1) is 0 Å². The lowest BCUT2D eigenvalue weighted by molar-refractivity contribution is 0.170. The third-order valence-corrected chi connectivity index (χ3v) is 7.55. The minimum atomic E-state index is -0.470. The van der Waals surface area contributed by atoms with Crippen LogP contribution >= 0.6 is 22.9 Å². The molecule has 1 atom stereocenters. The van der Waals surface area contributed by atoms with E-state index in [1.807, 2.05) is 24.3 Å². The van der Waals surface area contributed by atoms with Crippen molar-refractivity contribution >= 4 is 39.2 Å². The van der Waals surface area contributed by atoms with Gasteiger partial charge in [-0.2, -0.15) is 0 Å². The zero-order valence-corrected chi connectivity index (χ0v) is 19.9. The Balaban J connectivity index is 1.37. The van der Waals surface area contributed by atoms with Crippen molar-refractivity contribution in [2.24, 2.45) is 0 Å². The Kier molecular flexibility index (Phi) is 5.40. The fourth-order valence-electron chi connectivity index (χ4n) is 4.60. The SMILES string of the molecule is COC(=O)NCc1cc2nccc(-c3cc(Cl)cc4c3OC(c3onc5c3CNCC5)C4)c2s1. The normalized spacial score (nSPS) is 16.7. The van der Waals surface area contributed by atoms with Crippen LogP contribution < -0.4 is 15.4 Å². The lowest BCUT2D eigenvalue weighted by atomic mass is 9.99. The van der Waals surface area contributed by atoms with Crippen molar-refractivity contribution in [2.45, 2.75) is 32.0 Å². The highest BCUT2D eigenvalue weighted by molar-refractivity contribution is 7.19. The number of fused-ring (bicyclic) bond motifs is 3. The Morgan fingerprint density at radius 3 is 3.15 bits per heavy atom. The summed E-state index contributed by atoms with van der Waals surface area (Å²) in [4.78, 5) is 17.0. The smallest absolute Gasteiger partial charge is 0.407 e. The molecule has 0 saturated carbocycles. The van der Waals surface area contributed by atoms with Gasteiger partial charge in [-0.1, -0.05) is 16.8 Å². The second kappa shape index (κ2) is 8.57. The van der Waals surface area contributed by atoms with Gasteiger partial charge in [0.1, 0.15) is 5.75 Å². The molecule has 1 aromatic carbocycles. The van der Waals surface area contributed by atoms with Crippen molar-refractivity contribution in [3.8, 4) is 16.9 Å². The molecule has 5 heterocycles. The highest BCUT2D eigenvalue weighted by Crippen LogP contribution is 2.48. The van der Waals surface area contributed by atoms with E-state index in [-0.39, 0.29) is 6.10 Å². The molecule has 2 aliphatic heterocycles. The Labute approximate surface area is 204 Å². The van der Waals surface area contributed by atoms with E-state index in [1.54, 1.807) is 17.5 Å². The fourth-order valence-corrected chi connectivity index (χ4v) is 5.93. The minimum absolute atomic E-state index is 0.246. The predicted octanol–water partition coefficient (Wildman–Crippen LogP) is 4.78. The monoisotopic (exact) mass is 496 g/mol. The number of halogens is 1. The number of methoxy groups -OCH3 is 1. The number of thiophene rings is 1. The number of nitrogens with one attached hydrogen (secondary N) is 2. The first-order chi connectivity index (χ1) is 16.6. The third kappa shape index (κ3) is 3.70. The van der Waals surface area contributed by atoms with Gasteiger partial charge in [0.05, 0.1) is 29.6 Å². The van der Waals surface area contributed by atoms with Gasteiger partial charge < -0.3 is 24.6 Å². The van der Waals surface area contributed by atoms with Crippen LogP contribution in [0.15, 0.2) is 35.0 Å². The molecule has 0 radical (unpaired) electrons. The lowest BCUT2D eigenvalue weighted by Gasteiger charge is -2.15. The van der Waals surface area contributed by atoms with E-state index in [9.17, 15) is 4.79 Å². The van der Waals surface area contributed by atoms with Gasteiger partial charge in [-0.05, 0) is 24.3 Å². The third-order valence-electron chi connectivity index (χ3n) is 6.17. The average molecular weight is 497 g/mol. The second-order valence-corrected chi connectivity index (χ2v) is 9.85. The van der Waals surface area contributed by atoms with Crippen molar-refractivity contribution in [3.05, 3.63) is 62.9 Å². The van der Waals surface area contributed by atoms with Gasteiger partial charge in [-0.25, -0.2) is 4.79 Å². The van der Waals surface area contributed by atoms with Gasteiger partial charge in [0.25, 0.3) is 0 Å². The largest absolute Gasteiger partial charge is 0.481 e. The van der Waals surface area contributed by atoms with Crippen molar-refractivity contribution < 1.29 is 18.8 Å². The lowest BCUT2D eigenvalue weighted by Crippen LogP contribution is -2.24. The maximum Gasteiger partial charge on any atom is 0.407 e. The van der Waals surface area contributed by atoms with Crippen molar-refractivity contribution in [1.82, 2.24) is 20.8 Å². The molecule has 10 heteroatoms. The summed E-state index contributed by atoms with van der Waals surface area (Å²) in [6.07, 6.45) is 2.58. The van der Waals surface area contributed by atoms with Crippen LogP contribution in [0.1, 0.15) is 33.6 Å². The summed E-state index contributed by atoms with van der Waals surface area (Å²) in [5.74, 6) is 1.59. The number of aromatic nitrogens is 2. The second-order valence-electron chi connectivity index (χ2n) is 8.28. The molecule has 8 nitrogen and oxygen atoms in total. The van der Waals surface area contributed by atoms with Gasteiger partial charge in [0.2, 0.25) is 0 Å². The zero-order valence-electron chi connectivity index (χ0n) is 18.3. The molecule has 174 valence electrons. The molecule has 1 amide bonds. The van der Waals surface area contributed by atoms with E-state index in [0.717, 1.165) is 74.1 Å². The number of amides is 1. The Morgan fingerprint density at radius 2 is 2.26 bits per heavy atom. The van der Waals surface area contributed by atoms with Crippen LogP contribution in [0.4, 0.5) is 4.79 Å². The summed E-state index contributed by atoms with van der Waals surface area (Å²) in [6, 6.07) is 7.84. The number of hydrogen-bond donors (Lipinski definition) is 2. The fraction of sp³-hybridized carbons (Fsp3) is 0.292. The van der Waals surface area contributed by atoms with Crippen LogP contribution in [-0.4, -0.2) is 29.9 Å². The number of hydrogen-bond acceptors (Lipinski definition) is 8. The average Bonchev–Trinajstić information content (AvgIpc) is 3.57. The highest BCUT2D eigenvalue weighted by atomic mass is 35.5. The number of carbonyl (C=O) groups excluding carboxylic acids is 1. The molecule has 0 bridgehead atoms. The van der Waals surface area contributed by atoms with Gasteiger partial charge in [0.15, 0.2) is 11.9 Å². The van der Waals surface area contributed by atoms with Crippen LogP contribution in [0.5, 0.6) is 5.75 Å². The molecule has 0 saturated heterocycles. The molecule has 0 fully saturated rings. The number of alkyl carbamates (subject to hydrolysis) is 1. The summed E-state index contributed by atoms with van der Waals surface area (Å²) in [6.45, 7) is 2.00. The quantitative estimate of drug-likeness (QED) is 0.419. The van der Waals surface area contributed by atoms with E-state index in [0.29, 0.717) is 18.0 Å². The van der Waals surface area contributed by atoms with Crippen molar-refractivity contribution in [3.63, 3.8) is 0 Å². The summed E-state index contributed by atoms with van der Waals surface area (Å²) in [7, 11) is 1.35. The summed E-state index contributed by atoms with van der Waals surface area (Å²) < 4.78 is 17.9. The van der Waals surface area contributed by atoms with Crippen LogP contribution in [0.25, 0.3) is 21.3 Å². The Bertz CT molecular complexity index is 1420. The molecule has 6 rings (SSSR count). The highest BCUT2D eigenvalue weighted by Gasteiger charge is 2.34. The number of pyridine rings is 1. The number of ether oxygens (including phenoxy) is 2. The maximum atomic E-state index is 11.5. The van der Waals surface area contributed by atoms with E-state index in [1.165, 1.54) is 7.11 Å². The van der Waals surface area contributed by atoms with Gasteiger partial charge in [-0.15, -0.1) is 11.3 Å². The first-order valence-corrected chi connectivity index (χ1v) is 12.2. The molecular weight excluding hydrogens is 476 g/mol. The number of benzene rings is 1. The molecule has 2 aliphatic rings. The molecule has 1 unspecified atom stereocenters. The number of carbonyl (C=O) groups is 1. The van der Waals surface area contributed by atoms with E-state index in [2.05, 4.69) is 25.5 Å². The molecule has 3 aromatic heterocycles. The molecule has 0 aliphatic carbocycles. The summed E-state index contributed by atoms with van der Waals surface area (Å²) >= 11 is 8.12. The van der Waals surface area contributed by atoms with Crippen molar-refractivity contribution in [2.75, 3.05) is 13.7 Å². The van der Waals surface area contributed by atoms with Crippen LogP contribution in [-0.2, 0) is 30.7 Å². The van der Waals surface area contributed by atoms with E-state index in [4.69, 9.17) is 20.9 Å². The molecule has 0 spiro atoms.